The second-order valence-electron chi connectivity index (χ2n) is 3.75. The third-order valence-electron chi connectivity index (χ3n) is 2.47. The molecule has 0 N–H and O–H groups in total. The minimum Gasteiger partial charge on any atom is -0.457 e. The molecule has 2 aromatic rings. The molecule has 0 aromatic heterocycles. The van der Waals surface area contributed by atoms with Gasteiger partial charge in [0.25, 0.3) is 0 Å². The zero-order valence-electron chi connectivity index (χ0n) is 9.41. The van der Waals surface area contributed by atoms with E-state index in [1.165, 1.54) is 0 Å². The van der Waals surface area contributed by atoms with Gasteiger partial charge in [-0.05, 0) is 36.8 Å². The highest BCUT2D eigenvalue weighted by Crippen LogP contribution is 2.29. The Balaban J connectivity index is 2.28. The quantitative estimate of drug-likeness (QED) is 0.696. The summed E-state index contributed by atoms with van der Waals surface area (Å²) >= 11 is 9.43. The number of aryl methyl sites for hydroxylation is 1. The first-order chi connectivity index (χ1) is 8.20. The molecule has 0 aliphatic rings. The maximum Gasteiger partial charge on any atom is 0.131 e. The number of rotatable bonds is 3. The van der Waals surface area contributed by atoms with Crippen LogP contribution in [0.3, 0.4) is 0 Å². The Labute approximate surface area is 115 Å². The predicted octanol–water partition coefficient (Wildman–Crippen LogP) is 5.34. The number of hydrogen-bond donors (Lipinski definition) is 0. The molecule has 17 heavy (non-hydrogen) atoms. The van der Waals surface area contributed by atoms with Crippen LogP contribution in [0.2, 0.25) is 5.02 Å². The molecule has 0 saturated heterocycles. The monoisotopic (exact) mass is 310 g/mol. The van der Waals surface area contributed by atoms with Crippen molar-refractivity contribution in [1.29, 1.82) is 0 Å². The lowest BCUT2D eigenvalue weighted by molar-refractivity contribution is 0.478. The molecule has 1 nitrogen and oxygen atoms in total. The second-order valence-corrected chi connectivity index (χ2v) is 4.72. The van der Waals surface area contributed by atoms with Crippen molar-refractivity contribution in [2.75, 3.05) is 0 Å². The van der Waals surface area contributed by atoms with E-state index in [1.54, 1.807) is 0 Å². The lowest BCUT2D eigenvalue weighted by Crippen LogP contribution is -1.89. The van der Waals surface area contributed by atoms with Gasteiger partial charge in [0, 0.05) is 15.9 Å². The van der Waals surface area contributed by atoms with Gasteiger partial charge in [-0.3, -0.25) is 0 Å². The van der Waals surface area contributed by atoms with Crippen molar-refractivity contribution in [2.24, 2.45) is 0 Å². The summed E-state index contributed by atoms with van der Waals surface area (Å²) in [5.74, 6) is 1.67. The fourth-order valence-electron chi connectivity index (χ4n) is 1.52. The van der Waals surface area contributed by atoms with Crippen LogP contribution >= 0.6 is 27.5 Å². The molecule has 3 heteroatoms. The molecular formula is C14H12BrClO. The molecule has 2 rings (SSSR count). The molecular weight excluding hydrogens is 300 g/mol. The third kappa shape index (κ3) is 3.02. The smallest absolute Gasteiger partial charge is 0.131 e. The number of alkyl halides is 1. The zero-order chi connectivity index (χ0) is 12.3. The first kappa shape index (κ1) is 12.5. The maximum atomic E-state index is 5.98. The average Bonchev–Trinajstić information content (AvgIpc) is 2.34. The Morgan fingerprint density at radius 1 is 1.18 bits per heavy atom. The first-order valence-corrected chi connectivity index (χ1v) is 6.78. The van der Waals surface area contributed by atoms with Gasteiger partial charge < -0.3 is 4.74 Å². The van der Waals surface area contributed by atoms with Crippen LogP contribution in [0.1, 0.15) is 11.1 Å². The van der Waals surface area contributed by atoms with Crippen LogP contribution in [0.15, 0.2) is 42.5 Å². The summed E-state index contributed by atoms with van der Waals surface area (Å²) in [6.45, 7) is 1.96. The van der Waals surface area contributed by atoms with Crippen molar-refractivity contribution >= 4 is 27.5 Å². The summed E-state index contributed by atoms with van der Waals surface area (Å²) < 4.78 is 5.85. The van der Waals surface area contributed by atoms with Crippen molar-refractivity contribution in [2.45, 2.75) is 12.3 Å². The standard InChI is InChI=1S/C14H12BrClO/c1-10-8-12(6-7-13(10)16)17-14-5-3-2-4-11(14)9-15/h2-8H,9H2,1H3. The molecule has 2 aromatic carbocycles. The van der Waals surface area contributed by atoms with E-state index < -0.39 is 0 Å². The van der Waals surface area contributed by atoms with Crippen molar-refractivity contribution in [3.05, 3.63) is 58.6 Å². The summed E-state index contributed by atoms with van der Waals surface area (Å²) in [6.07, 6.45) is 0. The summed E-state index contributed by atoms with van der Waals surface area (Å²) in [7, 11) is 0. The van der Waals surface area contributed by atoms with Gasteiger partial charge in [-0.2, -0.15) is 0 Å². The average molecular weight is 312 g/mol. The summed E-state index contributed by atoms with van der Waals surface area (Å²) in [4.78, 5) is 0. The molecule has 0 heterocycles. The van der Waals surface area contributed by atoms with E-state index in [0.717, 1.165) is 33.0 Å². The molecule has 0 amide bonds. The number of para-hydroxylation sites is 1. The first-order valence-electron chi connectivity index (χ1n) is 5.28. The topological polar surface area (TPSA) is 9.23 Å². The van der Waals surface area contributed by atoms with Crippen LogP contribution in [0.25, 0.3) is 0 Å². The highest BCUT2D eigenvalue weighted by atomic mass is 79.9. The van der Waals surface area contributed by atoms with E-state index >= 15 is 0 Å². The van der Waals surface area contributed by atoms with Gasteiger partial charge in [0.1, 0.15) is 11.5 Å². The van der Waals surface area contributed by atoms with Crippen LogP contribution in [-0.2, 0) is 5.33 Å². The highest BCUT2D eigenvalue weighted by molar-refractivity contribution is 9.08. The molecule has 0 atom stereocenters. The molecule has 0 spiro atoms. The molecule has 0 saturated carbocycles. The fourth-order valence-corrected chi connectivity index (χ4v) is 2.10. The van der Waals surface area contributed by atoms with Crippen LogP contribution in [-0.4, -0.2) is 0 Å². The molecule has 0 aliphatic heterocycles. The molecule has 88 valence electrons. The van der Waals surface area contributed by atoms with Gasteiger partial charge >= 0.3 is 0 Å². The van der Waals surface area contributed by atoms with E-state index in [1.807, 2.05) is 49.4 Å². The van der Waals surface area contributed by atoms with Crippen LogP contribution in [0.4, 0.5) is 0 Å². The van der Waals surface area contributed by atoms with E-state index in [9.17, 15) is 0 Å². The lowest BCUT2D eigenvalue weighted by Gasteiger charge is -2.10. The minimum atomic E-state index is 0.756. The highest BCUT2D eigenvalue weighted by Gasteiger charge is 2.04. The zero-order valence-corrected chi connectivity index (χ0v) is 11.8. The van der Waals surface area contributed by atoms with E-state index in [0.29, 0.717) is 0 Å². The Kier molecular flexibility index (Phi) is 4.08. The Bertz CT molecular complexity index is 525. The van der Waals surface area contributed by atoms with Gasteiger partial charge in [-0.25, -0.2) is 0 Å². The van der Waals surface area contributed by atoms with Crippen molar-refractivity contribution < 1.29 is 4.74 Å². The number of ether oxygens (including phenoxy) is 1. The van der Waals surface area contributed by atoms with Crippen LogP contribution in [0.5, 0.6) is 11.5 Å². The summed E-state index contributed by atoms with van der Waals surface area (Å²) in [6, 6.07) is 13.6. The predicted molar refractivity (Wildman–Crippen MR) is 75.3 cm³/mol. The normalized spacial score (nSPS) is 10.3. The molecule has 0 fully saturated rings. The van der Waals surface area contributed by atoms with Crippen molar-refractivity contribution in [3.63, 3.8) is 0 Å². The largest absolute Gasteiger partial charge is 0.457 e. The number of benzene rings is 2. The molecule has 0 bridgehead atoms. The van der Waals surface area contributed by atoms with E-state index in [4.69, 9.17) is 16.3 Å². The van der Waals surface area contributed by atoms with Crippen molar-refractivity contribution in [3.8, 4) is 11.5 Å². The van der Waals surface area contributed by atoms with Gasteiger partial charge in [-0.1, -0.05) is 45.7 Å². The maximum absolute atomic E-state index is 5.98. The number of halogens is 2. The minimum absolute atomic E-state index is 0.756. The van der Waals surface area contributed by atoms with Gasteiger partial charge in [-0.15, -0.1) is 0 Å². The van der Waals surface area contributed by atoms with E-state index in [-0.39, 0.29) is 0 Å². The third-order valence-corrected chi connectivity index (χ3v) is 3.50. The molecule has 0 aliphatic carbocycles. The molecule has 0 unspecified atom stereocenters. The lowest BCUT2D eigenvalue weighted by atomic mass is 10.2. The Hall–Kier alpha value is -0.990. The molecule has 0 radical (unpaired) electrons. The fraction of sp³-hybridized carbons (Fsp3) is 0.143. The summed E-state index contributed by atoms with van der Waals surface area (Å²) in [5.41, 5.74) is 2.14. The number of hydrogen-bond acceptors (Lipinski definition) is 1. The van der Waals surface area contributed by atoms with E-state index in [2.05, 4.69) is 15.9 Å². The Morgan fingerprint density at radius 2 is 1.94 bits per heavy atom. The summed E-state index contributed by atoms with van der Waals surface area (Å²) in [5, 5.41) is 1.53. The second kappa shape index (κ2) is 5.56. The van der Waals surface area contributed by atoms with Crippen LogP contribution < -0.4 is 4.74 Å². The van der Waals surface area contributed by atoms with Gasteiger partial charge in [0.2, 0.25) is 0 Å². The van der Waals surface area contributed by atoms with Crippen LogP contribution in [0, 0.1) is 6.92 Å². The Morgan fingerprint density at radius 3 is 2.65 bits per heavy atom. The van der Waals surface area contributed by atoms with Gasteiger partial charge in [0.15, 0.2) is 0 Å². The van der Waals surface area contributed by atoms with Gasteiger partial charge in [0.05, 0.1) is 0 Å². The SMILES string of the molecule is Cc1cc(Oc2ccccc2CBr)ccc1Cl. The van der Waals surface area contributed by atoms with Crippen molar-refractivity contribution in [1.82, 2.24) is 0 Å².